The number of likely N-dealkylation sites (N-methyl/N-ethyl adjacent to an activating group) is 1. The molecule has 1 saturated carbocycles. The topological polar surface area (TPSA) is 35.6 Å². The molecular weight excluding hydrogens is 202 g/mol. The van der Waals surface area contributed by atoms with Gasteiger partial charge in [0.2, 0.25) is 0 Å². The summed E-state index contributed by atoms with van der Waals surface area (Å²) in [6, 6.07) is 1.68. The van der Waals surface area contributed by atoms with E-state index in [0.717, 1.165) is 19.5 Å². The van der Waals surface area contributed by atoms with Crippen LogP contribution in [0.1, 0.15) is 32.1 Å². The highest BCUT2D eigenvalue weighted by Gasteiger charge is 2.47. The van der Waals surface area contributed by atoms with Gasteiger partial charge in [0.15, 0.2) is 0 Å². The lowest BCUT2D eigenvalue weighted by Gasteiger charge is -2.34. The molecule has 90 valence electrons. The van der Waals surface area contributed by atoms with Crippen LogP contribution in [-0.4, -0.2) is 54.1 Å². The molecule has 2 amide bonds. The number of nitrogens with one attached hydrogen (secondary N) is 1. The Morgan fingerprint density at radius 2 is 1.94 bits per heavy atom. The first kappa shape index (κ1) is 10.4. The van der Waals surface area contributed by atoms with Crippen molar-refractivity contribution in [3.8, 4) is 0 Å². The predicted molar refractivity (Wildman–Crippen MR) is 62.3 cm³/mol. The average molecular weight is 223 g/mol. The largest absolute Gasteiger partial charge is 0.321 e. The molecule has 0 unspecified atom stereocenters. The molecule has 2 atom stereocenters. The summed E-state index contributed by atoms with van der Waals surface area (Å²) in [5.74, 6) is 0. The van der Waals surface area contributed by atoms with Gasteiger partial charge in [0.25, 0.3) is 0 Å². The van der Waals surface area contributed by atoms with Gasteiger partial charge < -0.3 is 15.1 Å². The first-order valence-corrected chi connectivity index (χ1v) is 6.55. The van der Waals surface area contributed by atoms with Gasteiger partial charge in [0, 0.05) is 19.6 Å². The van der Waals surface area contributed by atoms with Crippen LogP contribution in [0, 0.1) is 0 Å². The van der Waals surface area contributed by atoms with Crippen LogP contribution in [0.4, 0.5) is 4.79 Å². The van der Waals surface area contributed by atoms with Crippen LogP contribution in [0.3, 0.4) is 0 Å². The lowest BCUT2D eigenvalue weighted by Crippen LogP contribution is -2.51. The summed E-state index contributed by atoms with van der Waals surface area (Å²) >= 11 is 0. The van der Waals surface area contributed by atoms with E-state index in [1.165, 1.54) is 25.7 Å². The smallest absolute Gasteiger partial charge is 0.320 e. The van der Waals surface area contributed by atoms with Crippen molar-refractivity contribution in [2.45, 2.75) is 50.2 Å². The highest BCUT2D eigenvalue weighted by atomic mass is 16.2. The highest BCUT2D eigenvalue weighted by Crippen LogP contribution is 2.33. The van der Waals surface area contributed by atoms with Gasteiger partial charge in [0.05, 0.1) is 12.1 Å². The van der Waals surface area contributed by atoms with Crippen LogP contribution in [0.5, 0.6) is 0 Å². The van der Waals surface area contributed by atoms with Gasteiger partial charge in [-0.3, -0.25) is 0 Å². The summed E-state index contributed by atoms with van der Waals surface area (Å²) in [7, 11) is 1.96. The number of nitrogens with zero attached hydrogens (tertiary/aromatic N) is 2. The lowest BCUT2D eigenvalue weighted by atomic mass is 9.99. The molecule has 4 heteroatoms. The fourth-order valence-electron chi connectivity index (χ4n) is 3.62. The Kier molecular flexibility index (Phi) is 2.54. The maximum Gasteiger partial charge on any atom is 0.320 e. The third-order valence-corrected chi connectivity index (χ3v) is 4.51. The minimum Gasteiger partial charge on any atom is -0.321 e. The number of carbonyl (C=O) groups excluding carboxylic acids is 1. The number of rotatable bonds is 1. The molecule has 1 N–H and O–H groups in total. The van der Waals surface area contributed by atoms with Gasteiger partial charge in [-0.05, 0) is 25.8 Å². The van der Waals surface area contributed by atoms with E-state index in [4.69, 9.17) is 0 Å². The molecule has 16 heavy (non-hydrogen) atoms. The molecule has 0 bridgehead atoms. The first-order chi connectivity index (χ1) is 7.79. The fraction of sp³-hybridized carbons (Fsp3) is 0.917. The Labute approximate surface area is 97.0 Å². The number of urea groups is 1. The maximum atomic E-state index is 12.3. The van der Waals surface area contributed by atoms with Gasteiger partial charge >= 0.3 is 6.03 Å². The Morgan fingerprint density at radius 3 is 2.69 bits per heavy atom. The summed E-state index contributed by atoms with van der Waals surface area (Å²) in [6.07, 6.45) is 6.16. The molecule has 3 aliphatic rings. The van der Waals surface area contributed by atoms with E-state index in [1.54, 1.807) is 0 Å². The lowest BCUT2D eigenvalue weighted by molar-refractivity contribution is 0.160. The van der Waals surface area contributed by atoms with Gasteiger partial charge in [-0.1, -0.05) is 12.8 Å². The molecule has 3 rings (SSSR count). The third-order valence-electron chi connectivity index (χ3n) is 4.51. The van der Waals surface area contributed by atoms with Crippen LogP contribution in [0.25, 0.3) is 0 Å². The van der Waals surface area contributed by atoms with Gasteiger partial charge in [-0.25, -0.2) is 4.79 Å². The second-order valence-electron chi connectivity index (χ2n) is 5.37. The van der Waals surface area contributed by atoms with Crippen molar-refractivity contribution >= 4 is 6.03 Å². The van der Waals surface area contributed by atoms with Crippen LogP contribution >= 0.6 is 0 Å². The summed E-state index contributed by atoms with van der Waals surface area (Å²) in [4.78, 5) is 16.4. The van der Waals surface area contributed by atoms with Crippen LogP contribution < -0.4 is 5.32 Å². The van der Waals surface area contributed by atoms with E-state index in [2.05, 4.69) is 10.2 Å². The zero-order chi connectivity index (χ0) is 11.1. The molecule has 2 aliphatic heterocycles. The highest BCUT2D eigenvalue weighted by molar-refractivity contribution is 5.78. The quantitative estimate of drug-likeness (QED) is 0.720. The zero-order valence-electron chi connectivity index (χ0n) is 9.98. The van der Waals surface area contributed by atoms with Crippen molar-refractivity contribution in [3.63, 3.8) is 0 Å². The van der Waals surface area contributed by atoms with Crippen molar-refractivity contribution < 1.29 is 4.79 Å². The van der Waals surface area contributed by atoms with Gasteiger partial charge in [-0.15, -0.1) is 0 Å². The molecule has 0 aromatic heterocycles. The van der Waals surface area contributed by atoms with Crippen molar-refractivity contribution in [2.75, 3.05) is 20.1 Å². The first-order valence-electron chi connectivity index (χ1n) is 6.55. The van der Waals surface area contributed by atoms with E-state index < -0.39 is 0 Å². The average Bonchev–Trinajstić information content (AvgIpc) is 2.89. The number of hydrogen-bond acceptors (Lipinski definition) is 2. The standard InChI is InChI=1S/C12H21N3O/c1-14-11-8-13-7-6-10(11)15(12(14)16)9-4-2-3-5-9/h9-11,13H,2-8H2,1H3/t10-,11+/m0/s1. The molecule has 2 heterocycles. The van der Waals surface area contributed by atoms with Crippen molar-refractivity contribution in [3.05, 3.63) is 0 Å². The summed E-state index contributed by atoms with van der Waals surface area (Å²) in [5, 5.41) is 3.40. The number of fused-ring (bicyclic) bond motifs is 1. The number of piperidine rings is 1. The van der Waals surface area contributed by atoms with Crippen molar-refractivity contribution in [1.29, 1.82) is 0 Å². The predicted octanol–water partition coefficient (Wildman–Crippen LogP) is 1.03. The second kappa shape index (κ2) is 3.91. The molecule has 0 radical (unpaired) electrons. The zero-order valence-corrected chi connectivity index (χ0v) is 9.98. The second-order valence-corrected chi connectivity index (χ2v) is 5.37. The van der Waals surface area contributed by atoms with Gasteiger partial charge in [-0.2, -0.15) is 0 Å². The molecule has 0 spiro atoms. The van der Waals surface area contributed by atoms with Crippen LogP contribution in [0.15, 0.2) is 0 Å². The Morgan fingerprint density at radius 1 is 1.19 bits per heavy atom. The molecule has 4 nitrogen and oxygen atoms in total. The van der Waals surface area contributed by atoms with Crippen molar-refractivity contribution in [1.82, 2.24) is 15.1 Å². The van der Waals surface area contributed by atoms with E-state index in [-0.39, 0.29) is 6.03 Å². The molecule has 1 aliphatic carbocycles. The van der Waals surface area contributed by atoms with Crippen molar-refractivity contribution in [2.24, 2.45) is 0 Å². The van der Waals surface area contributed by atoms with Gasteiger partial charge in [0.1, 0.15) is 0 Å². The Bertz CT molecular complexity index is 288. The summed E-state index contributed by atoms with van der Waals surface area (Å²) in [6.45, 7) is 2.03. The number of amides is 2. The Hall–Kier alpha value is -0.770. The van der Waals surface area contributed by atoms with E-state index in [9.17, 15) is 4.79 Å². The molecule has 3 fully saturated rings. The third kappa shape index (κ3) is 1.43. The molecule has 2 saturated heterocycles. The molecule has 0 aromatic carbocycles. The summed E-state index contributed by atoms with van der Waals surface area (Å²) in [5.41, 5.74) is 0. The normalized spacial score (nSPS) is 35.9. The fourth-order valence-corrected chi connectivity index (χ4v) is 3.62. The monoisotopic (exact) mass is 223 g/mol. The van der Waals surface area contributed by atoms with E-state index in [1.807, 2.05) is 11.9 Å². The van der Waals surface area contributed by atoms with E-state index >= 15 is 0 Å². The van der Waals surface area contributed by atoms with Crippen LogP contribution in [0.2, 0.25) is 0 Å². The maximum absolute atomic E-state index is 12.3. The van der Waals surface area contributed by atoms with Crippen LogP contribution in [-0.2, 0) is 0 Å². The summed E-state index contributed by atoms with van der Waals surface area (Å²) < 4.78 is 0. The number of carbonyl (C=O) groups is 1. The molecular formula is C12H21N3O. The SMILES string of the molecule is CN1C(=O)N(C2CCCC2)[C@H]2CCNC[C@H]21. The molecule has 0 aromatic rings. The Balaban J connectivity index is 1.83. The minimum absolute atomic E-state index is 0.269. The minimum atomic E-state index is 0.269. The number of hydrogen-bond donors (Lipinski definition) is 1. The van der Waals surface area contributed by atoms with E-state index in [0.29, 0.717) is 18.1 Å².